The number of nitrogens with one attached hydrogen (secondary N) is 1. The highest BCUT2D eigenvalue weighted by Gasteiger charge is 2.31. The zero-order valence-electron chi connectivity index (χ0n) is 17.3. The molecule has 9 heteroatoms. The van der Waals surface area contributed by atoms with Crippen LogP contribution in [-0.2, 0) is 4.79 Å². The number of aryl methyl sites for hydroxylation is 1. The number of halogens is 1. The molecular weight excluding hydrogens is 413 g/mol. The molecule has 1 atom stereocenters. The molecule has 2 aromatic carbocycles. The lowest BCUT2D eigenvalue weighted by atomic mass is 10.1. The lowest BCUT2D eigenvalue weighted by Crippen LogP contribution is -2.49. The summed E-state index contributed by atoms with van der Waals surface area (Å²) in [4.78, 5) is 38.8. The van der Waals surface area contributed by atoms with Crippen molar-refractivity contribution in [2.75, 3.05) is 18.6 Å². The van der Waals surface area contributed by atoms with Gasteiger partial charge in [-0.05, 0) is 36.8 Å². The Hall–Kier alpha value is -4.32. The predicted molar refractivity (Wildman–Crippen MR) is 115 cm³/mol. The van der Waals surface area contributed by atoms with Crippen LogP contribution >= 0.6 is 0 Å². The molecule has 3 aromatic rings. The Balaban J connectivity index is 1.57. The smallest absolute Gasteiger partial charge is 0.289 e. The molecular formula is C23H18FN5O3. The molecule has 0 fully saturated rings. The normalized spacial score (nSPS) is 15.2. The zero-order valence-corrected chi connectivity index (χ0v) is 17.3. The van der Waals surface area contributed by atoms with Crippen molar-refractivity contribution < 1.29 is 18.7 Å². The zero-order chi connectivity index (χ0) is 22.8. The maximum absolute atomic E-state index is 13.6. The third kappa shape index (κ3) is 3.98. The van der Waals surface area contributed by atoms with Crippen molar-refractivity contribution in [2.45, 2.75) is 13.0 Å². The number of fused-ring (bicyclic) bond motifs is 1. The largest absolute Gasteiger partial charge is 0.490 e. The van der Waals surface area contributed by atoms with Gasteiger partial charge in [0.1, 0.15) is 24.2 Å². The second kappa shape index (κ2) is 8.43. The van der Waals surface area contributed by atoms with Crippen LogP contribution in [0.5, 0.6) is 5.75 Å². The second-order valence-electron chi connectivity index (χ2n) is 7.23. The van der Waals surface area contributed by atoms with E-state index in [0.717, 1.165) is 0 Å². The van der Waals surface area contributed by atoms with Crippen molar-refractivity contribution in [3.63, 3.8) is 0 Å². The first kappa shape index (κ1) is 20.9. The van der Waals surface area contributed by atoms with Gasteiger partial charge in [-0.1, -0.05) is 18.2 Å². The number of carbonyl (C=O) groups excluding carboxylic acids is 2. The van der Waals surface area contributed by atoms with Gasteiger partial charge < -0.3 is 15.0 Å². The minimum atomic E-state index is -0.987. The topological polar surface area (TPSA) is 88.8 Å². The van der Waals surface area contributed by atoms with Crippen molar-refractivity contribution >= 4 is 23.2 Å². The van der Waals surface area contributed by atoms with Gasteiger partial charge in [-0.15, -0.1) is 0 Å². The molecule has 1 aliphatic rings. The van der Waals surface area contributed by atoms with E-state index in [0.29, 0.717) is 33.9 Å². The monoisotopic (exact) mass is 431 g/mol. The highest BCUT2D eigenvalue weighted by Crippen LogP contribution is 2.34. The first-order valence-corrected chi connectivity index (χ1v) is 9.69. The number of benzene rings is 2. The quantitative estimate of drug-likeness (QED) is 0.643. The summed E-state index contributed by atoms with van der Waals surface area (Å²) in [7, 11) is 1.57. The van der Waals surface area contributed by atoms with Crippen molar-refractivity contribution in [3.05, 3.63) is 77.3 Å². The lowest BCUT2D eigenvalue weighted by Gasteiger charge is -2.20. The fraction of sp³-hybridized carbons (Fsp3) is 0.174. The molecule has 32 heavy (non-hydrogen) atoms. The van der Waals surface area contributed by atoms with Gasteiger partial charge in [-0.2, -0.15) is 0 Å². The number of hydrogen-bond donors (Lipinski definition) is 1. The van der Waals surface area contributed by atoms with E-state index >= 15 is 0 Å². The number of aromatic nitrogens is 2. The molecule has 0 bridgehead atoms. The van der Waals surface area contributed by atoms with Crippen molar-refractivity contribution in [1.29, 1.82) is 0 Å². The van der Waals surface area contributed by atoms with E-state index in [2.05, 4.69) is 20.1 Å². The third-order valence-electron chi connectivity index (χ3n) is 5.05. The van der Waals surface area contributed by atoms with Crippen molar-refractivity contribution in [2.24, 2.45) is 0 Å². The lowest BCUT2D eigenvalue weighted by molar-refractivity contribution is -0.120. The van der Waals surface area contributed by atoms with Crippen LogP contribution in [-0.4, -0.2) is 41.5 Å². The average molecular weight is 431 g/mol. The standard InChI is InChI=1S/C23H18FN5O3/c1-13-11-26-21(28-20(13)14-5-4-6-15(24)9-14)22(30)27-17-12-32-19-10-16(25-2)7-8-18(19)29(3)23(17)31/h4-11,17H,12H2,1,3H3,(H,27,30)/t17-/m0/s1. The summed E-state index contributed by atoms with van der Waals surface area (Å²) in [6.45, 7) is 8.78. The molecule has 0 saturated carbocycles. The van der Waals surface area contributed by atoms with Crippen molar-refractivity contribution in [3.8, 4) is 17.0 Å². The SMILES string of the molecule is [C-]#[N+]c1ccc2c(c1)OC[C@H](NC(=O)c1ncc(C)c(-c3cccc(F)c3)n1)C(=O)N2C. The van der Waals surface area contributed by atoms with Gasteiger partial charge in [0.05, 0.1) is 18.0 Å². The number of anilines is 1. The van der Waals surface area contributed by atoms with Crippen LogP contribution in [0.25, 0.3) is 16.1 Å². The Bertz CT molecular complexity index is 1270. The molecule has 0 saturated heterocycles. The van der Waals surface area contributed by atoms with E-state index in [4.69, 9.17) is 11.3 Å². The Kier molecular flexibility index (Phi) is 5.52. The fourth-order valence-corrected chi connectivity index (χ4v) is 3.37. The van der Waals surface area contributed by atoms with E-state index in [1.54, 1.807) is 44.3 Å². The molecule has 1 aromatic heterocycles. The number of amides is 2. The number of carbonyl (C=O) groups is 2. The highest BCUT2D eigenvalue weighted by molar-refractivity contribution is 6.02. The molecule has 4 rings (SSSR count). The number of hydrogen-bond acceptors (Lipinski definition) is 5. The first-order valence-electron chi connectivity index (χ1n) is 9.69. The molecule has 0 spiro atoms. The van der Waals surface area contributed by atoms with E-state index in [1.165, 1.54) is 23.2 Å². The average Bonchev–Trinajstić information content (AvgIpc) is 2.91. The van der Waals surface area contributed by atoms with Gasteiger partial charge >= 0.3 is 0 Å². The van der Waals surface area contributed by atoms with Gasteiger partial charge in [0.25, 0.3) is 11.8 Å². The molecule has 8 nitrogen and oxygen atoms in total. The summed E-state index contributed by atoms with van der Waals surface area (Å²) in [6.07, 6.45) is 1.47. The van der Waals surface area contributed by atoms with Gasteiger partial charge in [0, 0.05) is 18.8 Å². The molecule has 1 aliphatic heterocycles. The summed E-state index contributed by atoms with van der Waals surface area (Å²) in [5, 5.41) is 2.61. The molecule has 2 amide bonds. The summed E-state index contributed by atoms with van der Waals surface area (Å²) in [5.41, 5.74) is 2.49. The van der Waals surface area contributed by atoms with E-state index < -0.39 is 17.8 Å². The van der Waals surface area contributed by atoms with Crippen LogP contribution in [0.15, 0.2) is 48.7 Å². The maximum Gasteiger partial charge on any atom is 0.289 e. The predicted octanol–water partition coefficient (Wildman–Crippen LogP) is 3.30. The summed E-state index contributed by atoms with van der Waals surface area (Å²) >= 11 is 0. The molecule has 0 aliphatic carbocycles. The molecule has 0 radical (unpaired) electrons. The Morgan fingerprint density at radius 3 is 2.88 bits per heavy atom. The molecule has 0 unspecified atom stereocenters. The number of likely N-dealkylation sites (N-methyl/N-ethyl adjacent to an activating group) is 1. The van der Waals surface area contributed by atoms with Gasteiger partial charge in [-0.3, -0.25) is 9.59 Å². The number of nitrogens with zero attached hydrogens (tertiary/aromatic N) is 4. The summed E-state index contributed by atoms with van der Waals surface area (Å²) < 4.78 is 19.3. The maximum atomic E-state index is 13.6. The molecule has 160 valence electrons. The number of rotatable bonds is 3. The Morgan fingerprint density at radius 1 is 1.31 bits per heavy atom. The molecule has 1 N–H and O–H groups in total. The van der Waals surface area contributed by atoms with Crippen LogP contribution in [0.1, 0.15) is 16.2 Å². The van der Waals surface area contributed by atoms with Gasteiger partial charge in [0.15, 0.2) is 5.69 Å². The number of ether oxygens (including phenoxy) is 1. The van der Waals surface area contributed by atoms with Crippen LogP contribution in [0.2, 0.25) is 0 Å². The minimum Gasteiger partial charge on any atom is -0.490 e. The first-order chi connectivity index (χ1) is 15.4. The van der Waals surface area contributed by atoms with E-state index in [-0.39, 0.29) is 18.3 Å². The fourth-order valence-electron chi connectivity index (χ4n) is 3.37. The van der Waals surface area contributed by atoms with E-state index in [9.17, 15) is 14.0 Å². The Morgan fingerprint density at radius 2 is 2.12 bits per heavy atom. The minimum absolute atomic E-state index is 0.119. The molecule has 2 heterocycles. The summed E-state index contributed by atoms with van der Waals surface area (Å²) in [6, 6.07) is 9.66. The van der Waals surface area contributed by atoms with Crippen LogP contribution < -0.4 is 15.0 Å². The van der Waals surface area contributed by atoms with Crippen LogP contribution in [0.4, 0.5) is 15.8 Å². The third-order valence-corrected chi connectivity index (χ3v) is 5.05. The summed E-state index contributed by atoms with van der Waals surface area (Å²) in [5.74, 6) is -1.24. The van der Waals surface area contributed by atoms with Gasteiger partial charge in [0.2, 0.25) is 5.82 Å². The van der Waals surface area contributed by atoms with E-state index in [1.807, 2.05) is 0 Å². The second-order valence-corrected chi connectivity index (χ2v) is 7.23. The van der Waals surface area contributed by atoms with Gasteiger partial charge in [-0.25, -0.2) is 19.2 Å². The highest BCUT2D eigenvalue weighted by atomic mass is 19.1. The van der Waals surface area contributed by atoms with Crippen molar-refractivity contribution in [1.82, 2.24) is 15.3 Å². The van der Waals surface area contributed by atoms with Crippen LogP contribution in [0, 0.1) is 19.3 Å². The Labute approximate surface area is 183 Å². The van der Waals surface area contributed by atoms with Crippen LogP contribution in [0.3, 0.4) is 0 Å².